The van der Waals surface area contributed by atoms with Gasteiger partial charge >= 0.3 is 0 Å². The molecule has 0 radical (unpaired) electrons. The zero-order valence-corrected chi connectivity index (χ0v) is 10.5. The highest BCUT2D eigenvalue weighted by Gasteiger charge is 2.07. The van der Waals surface area contributed by atoms with Crippen LogP contribution in [0.2, 0.25) is 0 Å². The van der Waals surface area contributed by atoms with Crippen LogP contribution in [0.3, 0.4) is 0 Å². The molecule has 0 bridgehead atoms. The monoisotopic (exact) mass is 223 g/mol. The Hall–Kier alpha value is -1.45. The normalized spacial score (nSPS) is 10.6. The van der Waals surface area contributed by atoms with Crippen molar-refractivity contribution in [1.29, 1.82) is 0 Å². The topological polar surface area (TPSA) is 51.4 Å². The van der Waals surface area contributed by atoms with Crippen molar-refractivity contribution in [3.05, 3.63) is 12.1 Å². The first-order valence-corrected chi connectivity index (χ1v) is 5.65. The van der Waals surface area contributed by atoms with Gasteiger partial charge in [0.15, 0.2) is 0 Å². The fourth-order valence-electron chi connectivity index (χ4n) is 1.18. The Morgan fingerprint density at radius 3 is 2.69 bits per heavy atom. The van der Waals surface area contributed by atoms with Crippen LogP contribution in [0, 0.1) is 5.92 Å². The third kappa shape index (κ3) is 3.29. The standard InChI is InChI=1S/C12H21N3O/c1-5-15(4)11-7-6-10(13)12(14-11)16-8-9(2)3/h6-7,9H,5,8,13H2,1-4H3. The van der Waals surface area contributed by atoms with E-state index < -0.39 is 0 Å². The molecule has 0 amide bonds. The van der Waals surface area contributed by atoms with Gasteiger partial charge in [-0.1, -0.05) is 13.8 Å². The van der Waals surface area contributed by atoms with Crippen molar-refractivity contribution < 1.29 is 4.74 Å². The van der Waals surface area contributed by atoms with Crippen LogP contribution in [0.25, 0.3) is 0 Å². The second kappa shape index (κ2) is 5.58. The van der Waals surface area contributed by atoms with E-state index in [2.05, 4.69) is 25.8 Å². The molecule has 2 N–H and O–H groups in total. The Morgan fingerprint density at radius 2 is 2.12 bits per heavy atom. The molecule has 4 nitrogen and oxygen atoms in total. The number of nitrogen functional groups attached to an aromatic ring is 1. The molecule has 0 saturated carbocycles. The summed E-state index contributed by atoms with van der Waals surface area (Å²) in [5, 5.41) is 0. The predicted octanol–water partition coefficient (Wildman–Crippen LogP) is 2.15. The van der Waals surface area contributed by atoms with Gasteiger partial charge in [-0.2, -0.15) is 4.98 Å². The highest BCUT2D eigenvalue weighted by molar-refractivity contribution is 5.54. The van der Waals surface area contributed by atoms with Crippen LogP contribution in [0.1, 0.15) is 20.8 Å². The molecular formula is C12H21N3O. The molecule has 1 aromatic heterocycles. The molecule has 4 heteroatoms. The number of rotatable bonds is 5. The summed E-state index contributed by atoms with van der Waals surface area (Å²) in [6.45, 7) is 7.81. The van der Waals surface area contributed by atoms with E-state index in [4.69, 9.17) is 10.5 Å². The summed E-state index contributed by atoms with van der Waals surface area (Å²) >= 11 is 0. The average molecular weight is 223 g/mol. The van der Waals surface area contributed by atoms with Gasteiger partial charge < -0.3 is 15.4 Å². The minimum atomic E-state index is 0.466. The number of nitrogens with two attached hydrogens (primary N) is 1. The fourth-order valence-corrected chi connectivity index (χ4v) is 1.18. The quantitative estimate of drug-likeness (QED) is 0.831. The summed E-state index contributed by atoms with van der Waals surface area (Å²) in [6, 6.07) is 3.74. The van der Waals surface area contributed by atoms with Crippen LogP contribution in [0.15, 0.2) is 12.1 Å². The zero-order chi connectivity index (χ0) is 12.1. The van der Waals surface area contributed by atoms with E-state index in [9.17, 15) is 0 Å². The van der Waals surface area contributed by atoms with E-state index in [0.717, 1.165) is 12.4 Å². The molecule has 0 aromatic carbocycles. The molecule has 0 aliphatic rings. The minimum absolute atomic E-state index is 0.466. The number of ether oxygens (including phenoxy) is 1. The van der Waals surface area contributed by atoms with Gasteiger partial charge in [-0.05, 0) is 25.0 Å². The van der Waals surface area contributed by atoms with Crippen LogP contribution in [0.5, 0.6) is 5.88 Å². The van der Waals surface area contributed by atoms with Gasteiger partial charge in [0.05, 0.1) is 12.3 Å². The fraction of sp³-hybridized carbons (Fsp3) is 0.583. The molecule has 0 unspecified atom stereocenters. The number of nitrogens with zero attached hydrogens (tertiary/aromatic N) is 2. The lowest BCUT2D eigenvalue weighted by molar-refractivity contribution is 0.263. The Morgan fingerprint density at radius 1 is 1.44 bits per heavy atom. The van der Waals surface area contributed by atoms with Crippen LogP contribution in [0.4, 0.5) is 11.5 Å². The predicted molar refractivity (Wildman–Crippen MR) is 67.9 cm³/mol. The zero-order valence-electron chi connectivity index (χ0n) is 10.5. The number of aromatic nitrogens is 1. The van der Waals surface area contributed by atoms with E-state index in [1.165, 1.54) is 0 Å². The maximum absolute atomic E-state index is 5.81. The molecule has 0 fully saturated rings. The number of anilines is 2. The third-order valence-electron chi connectivity index (χ3n) is 2.29. The molecule has 1 rings (SSSR count). The summed E-state index contributed by atoms with van der Waals surface area (Å²) in [4.78, 5) is 6.44. The summed E-state index contributed by atoms with van der Waals surface area (Å²) in [5.41, 5.74) is 6.40. The summed E-state index contributed by atoms with van der Waals surface area (Å²) < 4.78 is 5.57. The average Bonchev–Trinajstić information content (AvgIpc) is 2.26. The second-order valence-corrected chi connectivity index (χ2v) is 4.28. The Bertz CT molecular complexity index is 339. The van der Waals surface area contributed by atoms with Crippen molar-refractivity contribution in [1.82, 2.24) is 4.98 Å². The smallest absolute Gasteiger partial charge is 0.239 e. The molecule has 0 spiro atoms. The largest absolute Gasteiger partial charge is 0.476 e. The highest BCUT2D eigenvalue weighted by atomic mass is 16.5. The molecule has 90 valence electrons. The lowest BCUT2D eigenvalue weighted by Gasteiger charge is -2.17. The maximum atomic E-state index is 5.81. The van der Waals surface area contributed by atoms with Gasteiger partial charge in [0.2, 0.25) is 5.88 Å². The minimum Gasteiger partial charge on any atom is -0.476 e. The SMILES string of the molecule is CCN(C)c1ccc(N)c(OCC(C)C)n1. The van der Waals surface area contributed by atoms with Crippen LogP contribution >= 0.6 is 0 Å². The van der Waals surface area contributed by atoms with Crippen LogP contribution in [-0.2, 0) is 0 Å². The Balaban J connectivity index is 2.82. The third-order valence-corrected chi connectivity index (χ3v) is 2.29. The molecule has 0 aliphatic carbocycles. The van der Waals surface area contributed by atoms with Crippen LogP contribution < -0.4 is 15.4 Å². The van der Waals surface area contributed by atoms with E-state index in [1.807, 2.05) is 24.1 Å². The maximum Gasteiger partial charge on any atom is 0.239 e. The summed E-state index contributed by atoms with van der Waals surface area (Å²) in [6.07, 6.45) is 0. The summed E-state index contributed by atoms with van der Waals surface area (Å²) in [7, 11) is 1.99. The molecule has 16 heavy (non-hydrogen) atoms. The number of hydrogen-bond donors (Lipinski definition) is 1. The van der Waals surface area contributed by atoms with Gasteiger partial charge in [-0.25, -0.2) is 0 Å². The van der Waals surface area contributed by atoms with Crippen LogP contribution in [-0.4, -0.2) is 25.2 Å². The second-order valence-electron chi connectivity index (χ2n) is 4.28. The van der Waals surface area contributed by atoms with Gasteiger partial charge in [-0.3, -0.25) is 0 Å². The van der Waals surface area contributed by atoms with Gasteiger partial charge in [-0.15, -0.1) is 0 Å². The number of pyridine rings is 1. The van der Waals surface area contributed by atoms with E-state index in [-0.39, 0.29) is 0 Å². The van der Waals surface area contributed by atoms with Crippen molar-refractivity contribution in [2.75, 3.05) is 30.8 Å². The highest BCUT2D eigenvalue weighted by Crippen LogP contribution is 2.22. The lowest BCUT2D eigenvalue weighted by atomic mass is 10.2. The molecule has 0 atom stereocenters. The lowest BCUT2D eigenvalue weighted by Crippen LogP contribution is -2.18. The molecule has 1 aromatic rings. The summed E-state index contributed by atoms with van der Waals surface area (Å²) in [5.74, 6) is 1.88. The van der Waals surface area contributed by atoms with Crippen molar-refractivity contribution in [3.63, 3.8) is 0 Å². The van der Waals surface area contributed by atoms with E-state index in [0.29, 0.717) is 24.1 Å². The van der Waals surface area contributed by atoms with E-state index >= 15 is 0 Å². The van der Waals surface area contributed by atoms with Crippen molar-refractivity contribution in [3.8, 4) is 5.88 Å². The van der Waals surface area contributed by atoms with Crippen molar-refractivity contribution in [2.24, 2.45) is 5.92 Å². The Labute approximate surface area is 97.4 Å². The Kier molecular flexibility index (Phi) is 4.40. The molecule has 0 aliphatic heterocycles. The van der Waals surface area contributed by atoms with E-state index in [1.54, 1.807) is 0 Å². The molecule has 1 heterocycles. The first-order valence-electron chi connectivity index (χ1n) is 5.65. The van der Waals surface area contributed by atoms with Gasteiger partial charge in [0.1, 0.15) is 5.82 Å². The molecule has 0 saturated heterocycles. The van der Waals surface area contributed by atoms with Gasteiger partial charge in [0.25, 0.3) is 0 Å². The van der Waals surface area contributed by atoms with Gasteiger partial charge in [0, 0.05) is 13.6 Å². The first-order chi connectivity index (χ1) is 7.54. The number of hydrogen-bond acceptors (Lipinski definition) is 4. The van der Waals surface area contributed by atoms with Crippen molar-refractivity contribution in [2.45, 2.75) is 20.8 Å². The molecular weight excluding hydrogens is 202 g/mol. The first kappa shape index (κ1) is 12.6. The van der Waals surface area contributed by atoms with Crippen molar-refractivity contribution >= 4 is 11.5 Å².